The number of hydrogen-bond donors (Lipinski definition) is 3. The molecule has 0 aromatic heterocycles. The Kier molecular flexibility index (Phi) is 9.75. The van der Waals surface area contributed by atoms with Gasteiger partial charge in [-0.2, -0.15) is 0 Å². The SMILES string of the molecule is CC(C)CNC(=O)CN(CC(=O)NCC(C)C)[C@H](C)c1ccc(S(N)(=O)=O)cc1. The van der Waals surface area contributed by atoms with Crippen molar-refractivity contribution in [3.05, 3.63) is 29.8 Å². The summed E-state index contributed by atoms with van der Waals surface area (Å²) >= 11 is 0. The number of hydrogen-bond acceptors (Lipinski definition) is 5. The van der Waals surface area contributed by atoms with E-state index in [9.17, 15) is 18.0 Å². The molecular weight excluding hydrogens is 392 g/mol. The van der Waals surface area contributed by atoms with Crippen molar-refractivity contribution >= 4 is 21.8 Å². The number of primary sulfonamides is 1. The van der Waals surface area contributed by atoms with Crippen LogP contribution in [0.25, 0.3) is 0 Å². The fourth-order valence-corrected chi connectivity index (χ4v) is 3.11. The van der Waals surface area contributed by atoms with Crippen molar-refractivity contribution in [1.82, 2.24) is 15.5 Å². The molecule has 0 saturated heterocycles. The molecule has 1 rings (SSSR count). The quantitative estimate of drug-likeness (QED) is 0.491. The summed E-state index contributed by atoms with van der Waals surface area (Å²) in [5.74, 6) is 0.321. The normalized spacial score (nSPS) is 13.0. The molecular formula is C20H34N4O4S. The average Bonchev–Trinajstić information content (AvgIpc) is 2.63. The van der Waals surface area contributed by atoms with Crippen LogP contribution in [0.15, 0.2) is 29.2 Å². The zero-order valence-electron chi connectivity index (χ0n) is 17.9. The van der Waals surface area contributed by atoms with Crippen molar-refractivity contribution in [2.45, 2.75) is 45.6 Å². The van der Waals surface area contributed by atoms with Crippen LogP contribution in [0, 0.1) is 11.8 Å². The molecule has 8 nitrogen and oxygen atoms in total. The Balaban J connectivity index is 2.95. The summed E-state index contributed by atoms with van der Waals surface area (Å²) in [5.41, 5.74) is 0.783. The van der Waals surface area contributed by atoms with E-state index < -0.39 is 10.0 Å². The largest absolute Gasteiger partial charge is 0.355 e. The van der Waals surface area contributed by atoms with Crippen molar-refractivity contribution in [2.75, 3.05) is 26.2 Å². The second-order valence-electron chi connectivity index (χ2n) is 8.09. The maximum Gasteiger partial charge on any atom is 0.238 e. The minimum absolute atomic E-state index is 0.0179. The molecule has 4 N–H and O–H groups in total. The van der Waals surface area contributed by atoms with Gasteiger partial charge in [0.25, 0.3) is 0 Å². The Morgan fingerprint density at radius 2 is 1.31 bits per heavy atom. The molecule has 0 aliphatic heterocycles. The van der Waals surface area contributed by atoms with Gasteiger partial charge in [0.05, 0.1) is 18.0 Å². The van der Waals surface area contributed by atoms with Crippen LogP contribution in [0.4, 0.5) is 0 Å². The van der Waals surface area contributed by atoms with Crippen molar-refractivity contribution in [2.24, 2.45) is 17.0 Å². The predicted octanol–water partition coefficient (Wildman–Crippen LogP) is 1.24. The van der Waals surface area contributed by atoms with Gasteiger partial charge in [-0.05, 0) is 36.5 Å². The van der Waals surface area contributed by atoms with E-state index in [2.05, 4.69) is 10.6 Å². The number of carbonyl (C=O) groups is 2. The van der Waals surface area contributed by atoms with Crippen LogP contribution in [0.5, 0.6) is 0 Å². The number of amides is 2. The predicted molar refractivity (Wildman–Crippen MR) is 113 cm³/mol. The number of nitrogens with one attached hydrogen (secondary N) is 2. The van der Waals surface area contributed by atoms with E-state index in [0.717, 1.165) is 5.56 Å². The Morgan fingerprint density at radius 1 is 0.897 bits per heavy atom. The van der Waals surface area contributed by atoms with E-state index in [1.807, 2.05) is 34.6 Å². The summed E-state index contributed by atoms with van der Waals surface area (Å²) in [7, 11) is -3.78. The highest BCUT2D eigenvalue weighted by Crippen LogP contribution is 2.21. The maximum atomic E-state index is 12.3. The number of nitrogens with zero attached hydrogens (tertiary/aromatic N) is 1. The van der Waals surface area contributed by atoms with Gasteiger partial charge in [-0.15, -0.1) is 0 Å². The second-order valence-corrected chi connectivity index (χ2v) is 9.65. The molecule has 1 aromatic rings. The van der Waals surface area contributed by atoms with Crippen LogP contribution < -0.4 is 15.8 Å². The maximum absolute atomic E-state index is 12.3. The second kappa shape index (κ2) is 11.3. The van der Waals surface area contributed by atoms with Crippen LogP contribution in [0.1, 0.15) is 46.2 Å². The molecule has 0 heterocycles. The van der Waals surface area contributed by atoms with Crippen LogP contribution >= 0.6 is 0 Å². The van der Waals surface area contributed by atoms with Crippen LogP contribution in [0.2, 0.25) is 0 Å². The third-order valence-corrected chi connectivity index (χ3v) is 5.28. The molecule has 2 amide bonds. The monoisotopic (exact) mass is 426 g/mol. The Labute approximate surface area is 174 Å². The Hall–Kier alpha value is -1.97. The topological polar surface area (TPSA) is 122 Å². The minimum Gasteiger partial charge on any atom is -0.355 e. The van der Waals surface area contributed by atoms with Gasteiger partial charge in [-0.3, -0.25) is 14.5 Å². The molecule has 0 spiro atoms. The summed E-state index contributed by atoms with van der Waals surface area (Å²) in [4.78, 5) is 26.5. The number of carbonyl (C=O) groups excluding carboxylic acids is 2. The molecule has 1 atom stereocenters. The molecule has 164 valence electrons. The summed E-state index contributed by atoms with van der Waals surface area (Å²) in [6.45, 7) is 11.1. The van der Waals surface area contributed by atoms with E-state index in [0.29, 0.717) is 24.9 Å². The molecule has 0 fully saturated rings. The molecule has 0 aliphatic rings. The molecule has 0 radical (unpaired) electrons. The summed E-state index contributed by atoms with van der Waals surface area (Å²) in [6, 6.07) is 5.87. The highest BCUT2D eigenvalue weighted by atomic mass is 32.2. The van der Waals surface area contributed by atoms with Crippen molar-refractivity contribution < 1.29 is 18.0 Å². The molecule has 29 heavy (non-hydrogen) atoms. The van der Waals surface area contributed by atoms with E-state index in [1.54, 1.807) is 17.0 Å². The smallest absolute Gasteiger partial charge is 0.238 e. The third-order valence-electron chi connectivity index (χ3n) is 4.35. The van der Waals surface area contributed by atoms with Gasteiger partial charge in [0.15, 0.2) is 0 Å². The first-order valence-electron chi connectivity index (χ1n) is 9.80. The number of sulfonamides is 1. The highest BCUT2D eigenvalue weighted by molar-refractivity contribution is 7.89. The summed E-state index contributed by atoms with van der Waals surface area (Å²) in [5, 5.41) is 10.9. The van der Waals surface area contributed by atoms with Gasteiger partial charge in [-0.1, -0.05) is 39.8 Å². The van der Waals surface area contributed by atoms with E-state index in [1.165, 1.54) is 12.1 Å². The molecule has 9 heteroatoms. The van der Waals surface area contributed by atoms with Gasteiger partial charge < -0.3 is 10.6 Å². The molecule has 0 bridgehead atoms. The van der Waals surface area contributed by atoms with Crippen molar-refractivity contribution in [3.63, 3.8) is 0 Å². The van der Waals surface area contributed by atoms with Gasteiger partial charge in [0.1, 0.15) is 0 Å². The lowest BCUT2D eigenvalue weighted by molar-refractivity contribution is -0.126. The number of benzene rings is 1. The van der Waals surface area contributed by atoms with Crippen molar-refractivity contribution in [3.8, 4) is 0 Å². The average molecular weight is 427 g/mol. The van der Waals surface area contributed by atoms with Gasteiger partial charge in [-0.25, -0.2) is 13.6 Å². The number of rotatable bonds is 11. The molecule has 0 unspecified atom stereocenters. The first-order chi connectivity index (χ1) is 13.4. The van der Waals surface area contributed by atoms with E-state index in [-0.39, 0.29) is 35.8 Å². The van der Waals surface area contributed by atoms with Crippen LogP contribution in [-0.2, 0) is 19.6 Å². The van der Waals surface area contributed by atoms with Gasteiger partial charge >= 0.3 is 0 Å². The van der Waals surface area contributed by atoms with Crippen LogP contribution in [-0.4, -0.2) is 51.3 Å². The van der Waals surface area contributed by atoms with E-state index in [4.69, 9.17) is 5.14 Å². The Morgan fingerprint density at radius 3 is 1.66 bits per heavy atom. The zero-order valence-corrected chi connectivity index (χ0v) is 18.8. The van der Waals surface area contributed by atoms with Gasteiger partial charge in [0.2, 0.25) is 21.8 Å². The fraction of sp³-hybridized carbons (Fsp3) is 0.600. The standard InChI is InChI=1S/C20H34N4O4S/c1-14(2)10-22-19(25)12-24(13-20(26)23-11-15(3)4)16(5)17-6-8-18(9-7-17)29(21,27)28/h6-9,14-16H,10-13H2,1-5H3,(H,22,25)(H,23,26)(H2,21,27,28)/t16-/m1/s1. The first kappa shape index (κ1) is 25.1. The van der Waals surface area contributed by atoms with Crippen LogP contribution in [0.3, 0.4) is 0 Å². The molecule has 0 aliphatic carbocycles. The lowest BCUT2D eigenvalue weighted by Gasteiger charge is -2.28. The molecule has 0 saturated carbocycles. The lowest BCUT2D eigenvalue weighted by Crippen LogP contribution is -2.45. The van der Waals surface area contributed by atoms with Gasteiger partial charge in [0, 0.05) is 19.1 Å². The Bertz CT molecular complexity index is 750. The summed E-state index contributed by atoms with van der Waals surface area (Å²) in [6.07, 6.45) is 0. The fourth-order valence-electron chi connectivity index (χ4n) is 2.59. The summed E-state index contributed by atoms with van der Waals surface area (Å²) < 4.78 is 22.9. The first-order valence-corrected chi connectivity index (χ1v) is 11.3. The number of nitrogens with two attached hydrogens (primary N) is 1. The zero-order chi connectivity index (χ0) is 22.2. The molecule has 1 aromatic carbocycles. The van der Waals surface area contributed by atoms with Crippen molar-refractivity contribution in [1.29, 1.82) is 0 Å². The lowest BCUT2D eigenvalue weighted by atomic mass is 10.1. The third kappa shape index (κ3) is 9.38. The van der Waals surface area contributed by atoms with E-state index >= 15 is 0 Å². The minimum atomic E-state index is -3.78. The highest BCUT2D eigenvalue weighted by Gasteiger charge is 2.22.